The quantitative estimate of drug-likeness (QED) is 0.658. The molecule has 1 unspecified atom stereocenters. The Bertz CT molecular complexity index is 602. The molecule has 5 heteroatoms. The number of thiol groups is 1. The van der Waals surface area contributed by atoms with Crippen LogP contribution in [-0.4, -0.2) is 19.3 Å². The van der Waals surface area contributed by atoms with Gasteiger partial charge in [-0.05, 0) is 16.9 Å². The number of phenols is 1. The van der Waals surface area contributed by atoms with Crippen LogP contribution < -0.4 is 20.1 Å². The number of benzene rings is 2. The average Bonchev–Trinajstić information content (AvgIpc) is 2.49. The lowest BCUT2D eigenvalue weighted by atomic mass is 10.2. The van der Waals surface area contributed by atoms with E-state index < -0.39 is 0 Å². The molecular formula is C15H17O3PS. The smallest absolute Gasteiger partial charge is 0.165 e. The Balaban J connectivity index is 2.42. The number of phenolic OH excluding ortho intramolecular Hbond substituents is 1. The second-order valence-electron chi connectivity index (χ2n) is 4.17. The van der Waals surface area contributed by atoms with Gasteiger partial charge in [0.25, 0.3) is 0 Å². The van der Waals surface area contributed by atoms with Crippen molar-refractivity contribution in [2.24, 2.45) is 0 Å². The van der Waals surface area contributed by atoms with Crippen molar-refractivity contribution in [1.29, 1.82) is 0 Å². The third kappa shape index (κ3) is 3.20. The minimum Gasteiger partial charge on any atom is -0.504 e. The summed E-state index contributed by atoms with van der Waals surface area (Å²) in [6.07, 6.45) is 0. The zero-order chi connectivity index (χ0) is 14.5. The topological polar surface area (TPSA) is 38.7 Å². The first-order valence-electron chi connectivity index (χ1n) is 6.10. The van der Waals surface area contributed by atoms with Gasteiger partial charge in [-0.2, -0.15) is 12.6 Å². The van der Waals surface area contributed by atoms with Crippen LogP contribution in [0.3, 0.4) is 0 Å². The van der Waals surface area contributed by atoms with E-state index in [4.69, 9.17) is 9.47 Å². The first-order chi connectivity index (χ1) is 9.69. The number of hydrogen-bond acceptors (Lipinski definition) is 4. The summed E-state index contributed by atoms with van der Waals surface area (Å²) in [6, 6.07) is 11.6. The van der Waals surface area contributed by atoms with Gasteiger partial charge in [0.2, 0.25) is 0 Å². The van der Waals surface area contributed by atoms with Gasteiger partial charge in [-0.3, -0.25) is 0 Å². The molecule has 0 aliphatic heterocycles. The molecule has 1 N–H and O–H groups in total. The number of aromatic hydroxyl groups is 1. The lowest BCUT2D eigenvalue weighted by Gasteiger charge is -2.13. The van der Waals surface area contributed by atoms with Gasteiger partial charge in [0.1, 0.15) is 5.75 Å². The van der Waals surface area contributed by atoms with Gasteiger partial charge in [0.15, 0.2) is 11.5 Å². The standard InChI is InChI=1S/C15H17O3PS/c1-17-11-7-12(18-2)15(16)14(8-11)19-13-6-4-3-5-10(13)9-20/h3-8,16,19-20H,9H2,1-2H3. The molecule has 0 aliphatic carbocycles. The van der Waals surface area contributed by atoms with E-state index >= 15 is 0 Å². The van der Waals surface area contributed by atoms with E-state index in [0.29, 0.717) is 25.8 Å². The fraction of sp³-hybridized carbons (Fsp3) is 0.200. The Morgan fingerprint density at radius 1 is 1.10 bits per heavy atom. The van der Waals surface area contributed by atoms with Crippen molar-refractivity contribution in [3.63, 3.8) is 0 Å². The molecule has 0 heterocycles. The molecule has 0 saturated carbocycles. The molecule has 1 atom stereocenters. The summed E-state index contributed by atoms with van der Waals surface area (Å²) in [5.74, 6) is 1.94. The zero-order valence-corrected chi connectivity index (χ0v) is 13.3. The minimum atomic E-state index is 0.167. The Morgan fingerprint density at radius 3 is 2.50 bits per heavy atom. The van der Waals surface area contributed by atoms with Crippen molar-refractivity contribution in [2.45, 2.75) is 5.75 Å². The summed E-state index contributed by atoms with van der Waals surface area (Å²) >= 11 is 4.34. The molecular weight excluding hydrogens is 291 g/mol. The van der Waals surface area contributed by atoms with E-state index in [2.05, 4.69) is 18.7 Å². The van der Waals surface area contributed by atoms with Crippen LogP contribution in [0.5, 0.6) is 17.2 Å². The van der Waals surface area contributed by atoms with Gasteiger partial charge < -0.3 is 14.6 Å². The Kier molecular flexibility index (Phi) is 5.16. The predicted molar refractivity (Wildman–Crippen MR) is 87.9 cm³/mol. The molecule has 0 saturated heterocycles. The highest BCUT2D eigenvalue weighted by Gasteiger charge is 2.13. The van der Waals surface area contributed by atoms with Crippen molar-refractivity contribution in [2.75, 3.05) is 14.2 Å². The third-order valence-corrected chi connectivity index (χ3v) is 4.71. The van der Waals surface area contributed by atoms with E-state index in [-0.39, 0.29) is 5.75 Å². The highest BCUT2D eigenvalue weighted by Crippen LogP contribution is 2.33. The average molecular weight is 308 g/mol. The molecule has 106 valence electrons. The van der Waals surface area contributed by atoms with Gasteiger partial charge in [-0.1, -0.05) is 32.8 Å². The van der Waals surface area contributed by atoms with E-state index in [1.807, 2.05) is 24.3 Å². The predicted octanol–water partition coefficient (Wildman–Crippen LogP) is 2.47. The molecule has 2 aromatic rings. The maximum Gasteiger partial charge on any atom is 0.165 e. The molecule has 0 spiro atoms. The van der Waals surface area contributed by atoms with Crippen molar-refractivity contribution in [3.05, 3.63) is 42.0 Å². The van der Waals surface area contributed by atoms with Gasteiger partial charge in [-0.25, -0.2) is 0 Å². The molecule has 0 aliphatic rings. The zero-order valence-electron chi connectivity index (χ0n) is 11.4. The first kappa shape index (κ1) is 15.0. The number of rotatable bonds is 5. The van der Waals surface area contributed by atoms with Gasteiger partial charge in [-0.15, -0.1) is 0 Å². The van der Waals surface area contributed by atoms with Crippen molar-refractivity contribution < 1.29 is 14.6 Å². The molecule has 20 heavy (non-hydrogen) atoms. The van der Waals surface area contributed by atoms with E-state index in [0.717, 1.165) is 16.2 Å². The van der Waals surface area contributed by atoms with Crippen LogP contribution in [0.4, 0.5) is 0 Å². The summed E-state index contributed by atoms with van der Waals surface area (Å²) < 4.78 is 10.4. The molecule has 2 rings (SSSR count). The van der Waals surface area contributed by atoms with Gasteiger partial charge in [0, 0.05) is 17.1 Å². The second-order valence-corrected chi connectivity index (χ2v) is 5.81. The molecule has 0 bridgehead atoms. The molecule has 2 aromatic carbocycles. The van der Waals surface area contributed by atoms with Crippen LogP contribution >= 0.6 is 21.2 Å². The largest absolute Gasteiger partial charge is 0.504 e. The Morgan fingerprint density at radius 2 is 1.85 bits per heavy atom. The van der Waals surface area contributed by atoms with Crippen LogP contribution in [0.15, 0.2) is 36.4 Å². The van der Waals surface area contributed by atoms with Crippen LogP contribution in [0.25, 0.3) is 0 Å². The molecule has 0 fully saturated rings. The van der Waals surface area contributed by atoms with Crippen LogP contribution in [-0.2, 0) is 5.75 Å². The summed E-state index contributed by atoms with van der Waals surface area (Å²) in [4.78, 5) is 0. The normalized spacial score (nSPS) is 10.9. The van der Waals surface area contributed by atoms with Crippen molar-refractivity contribution in [1.82, 2.24) is 0 Å². The highest BCUT2D eigenvalue weighted by atomic mass is 32.1. The molecule has 0 radical (unpaired) electrons. The van der Waals surface area contributed by atoms with Gasteiger partial charge >= 0.3 is 0 Å². The SMILES string of the molecule is COc1cc(OC)c(O)c(Pc2ccccc2CS)c1. The molecule has 0 aromatic heterocycles. The van der Waals surface area contributed by atoms with Gasteiger partial charge in [0.05, 0.1) is 14.2 Å². The highest BCUT2D eigenvalue weighted by molar-refractivity contribution is 7.79. The molecule has 0 amide bonds. The van der Waals surface area contributed by atoms with Crippen LogP contribution in [0.2, 0.25) is 0 Å². The van der Waals surface area contributed by atoms with E-state index in [9.17, 15) is 5.11 Å². The van der Waals surface area contributed by atoms with E-state index in [1.54, 1.807) is 13.2 Å². The Hall–Kier alpha value is -1.38. The maximum atomic E-state index is 10.2. The summed E-state index contributed by atoms with van der Waals surface area (Å²) in [7, 11) is 3.45. The van der Waals surface area contributed by atoms with Crippen molar-refractivity contribution >= 4 is 31.8 Å². The lowest BCUT2D eigenvalue weighted by molar-refractivity contribution is 0.366. The molecule has 3 nitrogen and oxygen atoms in total. The monoisotopic (exact) mass is 308 g/mol. The fourth-order valence-corrected chi connectivity index (χ4v) is 3.56. The first-order valence-corrected chi connectivity index (χ1v) is 7.73. The van der Waals surface area contributed by atoms with Crippen molar-refractivity contribution in [3.8, 4) is 17.2 Å². The van der Waals surface area contributed by atoms with E-state index in [1.165, 1.54) is 7.11 Å². The maximum absolute atomic E-state index is 10.2. The summed E-state index contributed by atoms with van der Waals surface area (Å²) in [6.45, 7) is 0. The second kappa shape index (κ2) is 6.87. The fourth-order valence-electron chi connectivity index (χ4n) is 1.88. The number of ether oxygens (including phenoxy) is 2. The number of methoxy groups -OCH3 is 2. The number of hydrogen-bond donors (Lipinski definition) is 2. The lowest BCUT2D eigenvalue weighted by Crippen LogP contribution is -2.09. The Labute approximate surface area is 126 Å². The van der Waals surface area contributed by atoms with Crippen LogP contribution in [0, 0.1) is 0 Å². The summed E-state index contributed by atoms with van der Waals surface area (Å²) in [5, 5.41) is 12.2. The van der Waals surface area contributed by atoms with Crippen LogP contribution in [0.1, 0.15) is 5.56 Å². The minimum absolute atomic E-state index is 0.167. The summed E-state index contributed by atoms with van der Waals surface area (Å²) in [5.41, 5.74) is 1.16. The third-order valence-electron chi connectivity index (χ3n) is 2.96.